The maximum Gasteiger partial charge on any atom is 0.247 e. The largest absolute Gasteiger partial charge is 0.314 e. The summed E-state index contributed by atoms with van der Waals surface area (Å²) < 4.78 is 27.7. The van der Waals surface area contributed by atoms with Gasteiger partial charge in [0, 0.05) is 18.6 Å². The van der Waals surface area contributed by atoms with Gasteiger partial charge in [0.15, 0.2) is 0 Å². The molecular formula is C13H24N4O2S. The van der Waals surface area contributed by atoms with Crippen molar-refractivity contribution in [3.8, 4) is 0 Å². The predicted octanol–water partition coefficient (Wildman–Crippen LogP) is 1.39. The lowest BCUT2D eigenvalue weighted by Gasteiger charge is -2.27. The first-order valence-corrected chi connectivity index (χ1v) is 8.59. The minimum absolute atomic E-state index is 0.0571. The fourth-order valence-electron chi connectivity index (χ4n) is 3.07. The zero-order valence-electron chi connectivity index (χ0n) is 12.6. The highest BCUT2D eigenvalue weighted by atomic mass is 32.2. The molecule has 2 unspecified atom stereocenters. The van der Waals surface area contributed by atoms with E-state index in [-0.39, 0.29) is 12.1 Å². The van der Waals surface area contributed by atoms with Crippen molar-refractivity contribution >= 4 is 10.0 Å². The van der Waals surface area contributed by atoms with Crippen LogP contribution >= 0.6 is 0 Å². The van der Waals surface area contributed by atoms with Gasteiger partial charge in [-0.05, 0) is 40.2 Å². The van der Waals surface area contributed by atoms with E-state index in [0.717, 1.165) is 19.3 Å². The minimum atomic E-state index is -3.49. The Balaban J connectivity index is 2.47. The van der Waals surface area contributed by atoms with Crippen molar-refractivity contribution in [2.24, 2.45) is 0 Å². The highest BCUT2D eigenvalue weighted by Gasteiger charge is 2.41. The second kappa shape index (κ2) is 5.83. The number of H-pyrrole nitrogens is 1. The van der Waals surface area contributed by atoms with Gasteiger partial charge in [-0.3, -0.25) is 5.10 Å². The molecule has 1 aliphatic rings. The number of hydrogen-bond donors (Lipinski definition) is 2. The summed E-state index contributed by atoms with van der Waals surface area (Å²) in [4.78, 5) is 0.346. The molecule has 2 N–H and O–H groups in total. The topological polar surface area (TPSA) is 78.1 Å². The number of nitrogens with zero attached hydrogens (tertiary/aromatic N) is 2. The molecule has 2 heterocycles. The Kier molecular flexibility index (Phi) is 4.51. The quantitative estimate of drug-likeness (QED) is 0.861. The Bertz CT molecular complexity index is 567. The summed E-state index contributed by atoms with van der Waals surface area (Å²) in [6, 6.07) is 0.161. The van der Waals surface area contributed by atoms with E-state index < -0.39 is 10.0 Å². The molecule has 1 aliphatic heterocycles. The number of nitrogens with one attached hydrogen (secondary N) is 2. The van der Waals surface area contributed by atoms with Crippen molar-refractivity contribution in [2.45, 2.75) is 63.6 Å². The van der Waals surface area contributed by atoms with Gasteiger partial charge in [-0.1, -0.05) is 6.92 Å². The molecule has 2 atom stereocenters. The molecule has 20 heavy (non-hydrogen) atoms. The van der Waals surface area contributed by atoms with Crippen molar-refractivity contribution in [3.63, 3.8) is 0 Å². The fourth-order valence-corrected chi connectivity index (χ4v) is 5.35. The van der Waals surface area contributed by atoms with Gasteiger partial charge in [-0.2, -0.15) is 9.40 Å². The average molecular weight is 300 g/mol. The van der Waals surface area contributed by atoms with Crippen LogP contribution in [-0.4, -0.2) is 42.1 Å². The van der Waals surface area contributed by atoms with Crippen molar-refractivity contribution in [2.75, 3.05) is 7.05 Å². The zero-order valence-corrected chi connectivity index (χ0v) is 13.4. The molecule has 7 heteroatoms. The normalized spacial score (nSPS) is 24.4. The van der Waals surface area contributed by atoms with Crippen molar-refractivity contribution in [1.29, 1.82) is 0 Å². The molecular weight excluding hydrogens is 276 g/mol. The van der Waals surface area contributed by atoms with Gasteiger partial charge >= 0.3 is 0 Å². The Morgan fingerprint density at radius 2 is 2.15 bits per heavy atom. The third kappa shape index (κ3) is 2.49. The minimum Gasteiger partial charge on any atom is -0.314 e. The summed E-state index contributed by atoms with van der Waals surface area (Å²) in [5.41, 5.74) is 1.18. The van der Waals surface area contributed by atoms with Crippen LogP contribution in [0.5, 0.6) is 0 Å². The molecule has 1 fully saturated rings. The SMILES string of the molecule is CCC1CCC(C)N1S(=O)(=O)c1c(CNC)n[nH]c1C. The number of rotatable bonds is 5. The molecule has 114 valence electrons. The Labute approximate surface area is 121 Å². The van der Waals surface area contributed by atoms with Crippen LogP contribution in [0.3, 0.4) is 0 Å². The average Bonchev–Trinajstić information content (AvgIpc) is 2.94. The van der Waals surface area contributed by atoms with E-state index in [1.807, 2.05) is 13.8 Å². The van der Waals surface area contributed by atoms with E-state index in [1.165, 1.54) is 0 Å². The lowest BCUT2D eigenvalue weighted by molar-refractivity contribution is 0.328. The molecule has 0 amide bonds. The molecule has 0 spiro atoms. The lowest BCUT2D eigenvalue weighted by Crippen LogP contribution is -2.40. The van der Waals surface area contributed by atoms with Crippen molar-refractivity contribution < 1.29 is 8.42 Å². The van der Waals surface area contributed by atoms with Crippen LogP contribution in [0.2, 0.25) is 0 Å². The predicted molar refractivity (Wildman–Crippen MR) is 77.9 cm³/mol. The summed E-state index contributed by atoms with van der Waals surface area (Å²) in [5, 5.41) is 9.90. The number of sulfonamides is 1. The Morgan fingerprint density at radius 3 is 2.75 bits per heavy atom. The van der Waals surface area contributed by atoms with E-state index in [0.29, 0.717) is 22.8 Å². The first-order valence-electron chi connectivity index (χ1n) is 7.15. The highest BCUT2D eigenvalue weighted by Crippen LogP contribution is 2.34. The van der Waals surface area contributed by atoms with Gasteiger partial charge < -0.3 is 5.32 Å². The standard InChI is InChI=1S/C13H24N4O2S/c1-5-11-7-6-9(2)17(11)20(18,19)13-10(3)15-16-12(13)8-14-4/h9,11,14H,5-8H2,1-4H3,(H,15,16). The lowest BCUT2D eigenvalue weighted by atomic mass is 10.2. The summed E-state index contributed by atoms with van der Waals surface area (Å²) in [6.07, 6.45) is 2.72. The van der Waals surface area contributed by atoms with Crippen LogP contribution < -0.4 is 5.32 Å². The summed E-state index contributed by atoms with van der Waals surface area (Å²) in [6.45, 7) is 6.24. The molecule has 1 aromatic rings. The number of aromatic amines is 1. The second-order valence-electron chi connectivity index (χ2n) is 5.48. The van der Waals surface area contributed by atoms with Gasteiger partial charge in [-0.15, -0.1) is 0 Å². The third-order valence-corrected chi connectivity index (χ3v) is 6.30. The van der Waals surface area contributed by atoms with Gasteiger partial charge in [-0.25, -0.2) is 8.42 Å². The summed E-state index contributed by atoms with van der Waals surface area (Å²) >= 11 is 0. The first-order chi connectivity index (χ1) is 9.43. The van der Waals surface area contributed by atoms with Gasteiger partial charge in [0.1, 0.15) is 4.90 Å². The fraction of sp³-hybridized carbons (Fsp3) is 0.769. The van der Waals surface area contributed by atoms with Crippen LogP contribution in [-0.2, 0) is 16.6 Å². The second-order valence-corrected chi connectivity index (χ2v) is 7.26. The van der Waals surface area contributed by atoms with E-state index in [9.17, 15) is 8.42 Å². The maximum atomic E-state index is 13.0. The maximum absolute atomic E-state index is 13.0. The molecule has 0 bridgehead atoms. The van der Waals surface area contributed by atoms with Gasteiger partial charge in [0.2, 0.25) is 10.0 Å². The number of aryl methyl sites for hydroxylation is 1. The van der Waals surface area contributed by atoms with Crippen molar-refractivity contribution in [1.82, 2.24) is 19.8 Å². The molecule has 0 aromatic carbocycles. The Hall–Kier alpha value is -0.920. The van der Waals surface area contributed by atoms with E-state index in [4.69, 9.17) is 0 Å². The van der Waals surface area contributed by atoms with Gasteiger partial charge in [0.05, 0.1) is 11.4 Å². The van der Waals surface area contributed by atoms with Crippen LogP contribution in [0.4, 0.5) is 0 Å². The summed E-state index contributed by atoms with van der Waals surface area (Å²) in [7, 11) is -1.70. The first kappa shape index (κ1) is 15.5. The molecule has 2 rings (SSSR count). The monoisotopic (exact) mass is 300 g/mol. The van der Waals surface area contributed by atoms with Crippen LogP contribution in [0.25, 0.3) is 0 Å². The van der Waals surface area contributed by atoms with Crippen LogP contribution in [0, 0.1) is 6.92 Å². The molecule has 0 saturated carbocycles. The molecule has 0 radical (unpaired) electrons. The van der Waals surface area contributed by atoms with E-state index in [2.05, 4.69) is 15.5 Å². The molecule has 1 saturated heterocycles. The molecule has 1 aromatic heterocycles. The van der Waals surface area contributed by atoms with Crippen LogP contribution in [0.1, 0.15) is 44.5 Å². The van der Waals surface area contributed by atoms with E-state index >= 15 is 0 Å². The zero-order chi connectivity index (χ0) is 14.9. The number of hydrogen-bond acceptors (Lipinski definition) is 4. The molecule has 6 nitrogen and oxygen atoms in total. The van der Waals surface area contributed by atoms with Gasteiger partial charge in [0.25, 0.3) is 0 Å². The van der Waals surface area contributed by atoms with Crippen LogP contribution in [0.15, 0.2) is 4.90 Å². The molecule has 0 aliphatic carbocycles. The Morgan fingerprint density at radius 1 is 1.45 bits per heavy atom. The smallest absolute Gasteiger partial charge is 0.247 e. The third-order valence-electron chi connectivity index (χ3n) is 4.02. The number of aromatic nitrogens is 2. The van der Waals surface area contributed by atoms with E-state index in [1.54, 1.807) is 18.3 Å². The van der Waals surface area contributed by atoms with Crippen molar-refractivity contribution in [3.05, 3.63) is 11.4 Å². The summed E-state index contributed by atoms with van der Waals surface area (Å²) in [5.74, 6) is 0. The highest BCUT2D eigenvalue weighted by molar-refractivity contribution is 7.89.